The molecular formula is C17H25N3O2. The number of hydrogen-bond donors (Lipinski definition) is 1. The molecule has 120 valence electrons. The predicted octanol–water partition coefficient (Wildman–Crippen LogP) is 2.40. The van der Waals surface area contributed by atoms with E-state index < -0.39 is 0 Å². The summed E-state index contributed by atoms with van der Waals surface area (Å²) in [5.74, 6) is -0.0870. The Bertz CT molecular complexity index is 571. The molecule has 0 aliphatic carbocycles. The fourth-order valence-electron chi connectivity index (χ4n) is 2.59. The van der Waals surface area contributed by atoms with Gasteiger partial charge in [-0.3, -0.25) is 14.5 Å². The van der Waals surface area contributed by atoms with Crippen LogP contribution in [0.15, 0.2) is 18.2 Å². The first-order valence-electron chi connectivity index (χ1n) is 7.86. The van der Waals surface area contributed by atoms with Crippen LogP contribution in [0.1, 0.15) is 32.3 Å². The summed E-state index contributed by atoms with van der Waals surface area (Å²) >= 11 is 0. The third-order valence-corrected chi connectivity index (χ3v) is 4.02. The molecule has 1 heterocycles. The topological polar surface area (TPSA) is 52.7 Å². The number of amides is 2. The highest BCUT2D eigenvalue weighted by Crippen LogP contribution is 2.32. The summed E-state index contributed by atoms with van der Waals surface area (Å²) in [5.41, 5.74) is 2.82. The summed E-state index contributed by atoms with van der Waals surface area (Å²) in [6.45, 7) is 6.76. The highest BCUT2D eigenvalue weighted by molar-refractivity contribution is 6.07. The molecule has 1 aromatic rings. The number of carbonyl (C=O) groups is 2. The highest BCUT2D eigenvalue weighted by atomic mass is 16.2. The lowest BCUT2D eigenvalue weighted by Gasteiger charge is -2.34. The van der Waals surface area contributed by atoms with Gasteiger partial charge in [-0.2, -0.15) is 0 Å². The Morgan fingerprint density at radius 3 is 2.82 bits per heavy atom. The molecule has 0 saturated heterocycles. The zero-order valence-corrected chi connectivity index (χ0v) is 13.8. The molecule has 1 aromatic carbocycles. The molecular weight excluding hydrogens is 278 g/mol. The molecule has 2 rings (SSSR count). The Labute approximate surface area is 132 Å². The number of benzene rings is 1. The molecule has 2 amide bonds. The number of unbranched alkanes of at least 4 members (excludes halogenated alkanes) is 1. The fraction of sp³-hybridized carbons (Fsp3) is 0.529. The molecule has 5 nitrogen and oxygen atoms in total. The molecule has 1 N–H and O–H groups in total. The molecule has 1 unspecified atom stereocenters. The van der Waals surface area contributed by atoms with Gasteiger partial charge in [0.1, 0.15) is 12.6 Å². The second-order valence-corrected chi connectivity index (χ2v) is 5.98. The van der Waals surface area contributed by atoms with Gasteiger partial charge in [0.05, 0.1) is 11.4 Å². The highest BCUT2D eigenvalue weighted by Gasteiger charge is 2.31. The summed E-state index contributed by atoms with van der Waals surface area (Å²) in [7, 11) is 1.80. The van der Waals surface area contributed by atoms with Gasteiger partial charge in [0, 0.05) is 13.6 Å². The average molecular weight is 303 g/mol. The van der Waals surface area contributed by atoms with Crippen molar-refractivity contribution in [3.63, 3.8) is 0 Å². The zero-order valence-electron chi connectivity index (χ0n) is 13.8. The lowest BCUT2D eigenvalue weighted by Crippen LogP contribution is -2.50. The SMILES string of the molecule is CCCCN(C)C(=O)CN1C(=O)C(C)Nc2cc(C)ccc21. The molecule has 1 aliphatic rings. The van der Waals surface area contributed by atoms with E-state index in [1.807, 2.05) is 32.0 Å². The van der Waals surface area contributed by atoms with Gasteiger partial charge in [-0.05, 0) is 38.0 Å². The standard InChI is InChI=1S/C17H25N3O2/c1-5-6-9-19(4)16(21)11-20-15-8-7-12(2)10-14(15)18-13(3)17(20)22/h7-8,10,13,18H,5-6,9,11H2,1-4H3. The Kier molecular flexibility index (Phi) is 5.06. The Balaban J connectivity index is 2.19. The van der Waals surface area contributed by atoms with Crippen LogP contribution in [0.25, 0.3) is 0 Å². The van der Waals surface area contributed by atoms with Crippen molar-refractivity contribution in [2.24, 2.45) is 0 Å². The summed E-state index contributed by atoms with van der Waals surface area (Å²) in [4.78, 5) is 28.1. The first-order chi connectivity index (χ1) is 10.4. The summed E-state index contributed by atoms with van der Waals surface area (Å²) in [5, 5.41) is 3.20. The maximum absolute atomic E-state index is 12.4. The van der Waals surface area contributed by atoms with Crippen LogP contribution in [-0.4, -0.2) is 42.9 Å². The predicted molar refractivity (Wildman–Crippen MR) is 89.2 cm³/mol. The van der Waals surface area contributed by atoms with E-state index in [1.54, 1.807) is 16.8 Å². The third kappa shape index (κ3) is 3.40. The van der Waals surface area contributed by atoms with Crippen LogP contribution in [0.4, 0.5) is 11.4 Å². The minimum atomic E-state index is -0.317. The number of anilines is 2. The van der Waals surface area contributed by atoms with E-state index in [-0.39, 0.29) is 24.4 Å². The van der Waals surface area contributed by atoms with E-state index in [0.717, 1.165) is 36.3 Å². The molecule has 0 bridgehead atoms. The maximum atomic E-state index is 12.4. The molecule has 0 radical (unpaired) electrons. The summed E-state index contributed by atoms with van der Waals surface area (Å²) in [6.07, 6.45) is 2.02. The van der Waals surface area contributed by atoms with Crippen LogP contribution in [0.5, 0.6) is 0 Å². The minimum absolute atomic E-state index is 0.0255. The largest absolute Gasteiger partial charge is 0.372 e. The molecule has 0 saturated carbocycles. The maximum Gasteiger partial charge on any atom is 0.249 e. The van der Waals surface area contributed by atoms with Crippen molar-refractivity contribution in [2.75, 3.05) is 30.4 Å². The third-order valence-electron chi connectivity index (χ3n) is 4.02. The molecule has 0 fully saturated rings. The molecule has 0 spiro atoms. The quantitative estimate of drug-likeness (QED) is 0.909. The van der Waals surface area contributed by atoms with Gasteiger partial charge in [-0.15, -0.1) is 0 Å². The van der Waals surface area contributed by atoms with E-state index in [2.05, 4.69) is 12.2 Å². The van der Waals surface area contributed by atoms with E-state index in [1.165, 1.54) is 0 Å². The van der Waals surface area contributed by atoms with E-state index in [4.69, 9.17) is 0 Å². The number of carbonyl (C=O) groups excluding carboxylic acids is 2. The summed E-state index contributed by atoms with van der Waals surface area (Å²) in [6, 6.07) is 5.56. The van der Waals surface area contributed by atoms with Gasteiger partial charge in [0.2, 0.25) is 11.8 Å². The van der Waals surface area contributed by atoms with Crippen LogP contribution >= 0.6 is 0 Å². The molecule has 1 aliphatic heterocycles. The van der Waals surface area contributed by atoms with Gasteiger partial charge < -0.3 is 10.2 Å². The molecule has 22 heavy (non-hydrogen) atoms. The number of hydrogen-bond acceptors (Lipinski definition) is 3. The summed E-state index contributed by atoms with van der Waals surface area (Å²) < 4.78 is 0. The lowest BCUT2D eigenvalue weighted by molar-refractivity contribution is -0.130. The first-order valence-corrected chi connectivity index (χ1v) is 7.86. The van der Waals surface area contributed by atoms with Crippen LogP contribution in [0, 0.1) is 6.92 Å². The van der Waals surface area contributed by atoms with Gasteiger partial charge >= 0.3 is 0 Å². The zero-order chi connectivity index (χ0) is 16.3. The number of nitrogens with one attached hydrogen (secondary N) is 1. The minimum Gasteiger partial charge on any atom is -0.372 e. The van der Waals surface area contributed by atoms with Crippen molar-refractivity contribution in [3.05, 3.63) is 23.8 Å². The van der Waals surface area contributed by atoms with Gasteiger partial charge in [-0.1, -0.05) is 19.4 Å². The van der Waals surface area contributed by atoms with Crippen molar-refractivity contribution in [1.29, 1.82) is 0 Å². The van der Waals surface area contributed by atoms with E-state index in [9.17, 15) is 9.59 Å². The van der Waals surface area contributed by atoms with E-state index in [0.29, 0.717) is 0 Å². The Morgan fingerprint density at radius 2 is 2.14 bits per heavy atom. The van der Waals surface area contributed by atoms with Crippen molar-refractivity contribution < 1.29 is 9.59 Å². The van der Waals surface area contributed by atoms with Crippen molar-refractivity contribution in [3.8, 4) is 0 Å². The van der Waals surface area contributed by atoms with E-state index >= 15 is 0 Å². The van der Waals surface area contributed by atoms with Crippen LogP contribution in [-0.2, 0) is 9.59 Å². The molecule has 1 atom stereocenters. The Hall–Kier alpha value is -2.04. The lowest BCUT2D eigenvalue weighted by atomic mass is 10.1. The van der Waals surface area contributed by atoms with Crippen molar-refractivity contribution >= 4 is 23.2 Å². The second-order valence-electron chi connectivity index (χ2n) is 5.98. The van der Waals surface area contributed by atoms with Crippen molar-refractivity contribution in [2.45, 2.75) is 39.7 Å². The average Bonchev–Trinajstić information content (AvgIpc) is 2.48. The number of likely N-dealkylation sites (N-methyl/N-ethyl adjacent to an activating group) is 1. The normalized spacial score (nSPS) is 17.0. The van der Waals surface area contributed by atoms with Gasteiger partial charge in [0.15, 0.2) is 0 Å². The van der Waals surface area contributed by atoms with Gasteiger partial charge in [-0.25, -0.2) is 0 Å². The number of fused-ring (bicyclic) bond motifs is 1. The van der Waals surface area contributed by atoms with Crippen LogP contribution < -0.4 is 10.2 Å². The van der Waals surface area contributed by atoms with Crippen LogP contribution in [0.2, 0.25) is 0 Å². The number of nitrogens with zero attached hydrogens (tertiary/aromatic N) is 2. The second kappa shape index (κ2) is 6.81. The number of aryl methyl sites for hydroxylation is 1. The fourth-order valence-corrected chi connectivity index (χ4v) is 2.59. The Morgan fingerprint density at radius 1 is 1.41 bits per heavy atom. The number of rotatable bonds is 5. The monoisotopic (exact) mass is 303 g/mol. The first kappa shape index (κ1) is 16.3. The van der Waals surface area contributed by atoms with Crippen LogP contribution in [0.3, 0.4) is 0 Å². The molecule has 0 aromatic heterocycles. The molecule has 5 heteroatoms. The van der Waals surface area contributed by atoms with Gasteiger partial charge in [0.25, 0.3) is 0 Å². The smallest absolute Gasteiger partial charge is 0.249 e. The van der Waals surface area contributed by atoms with Crippen molar-refractivity contribution in [1.82, 2.24) is 4.90 Å².